The Morgan fingerprint density at radius 1 is 1.21 bits per heavy atom. The second kappa shape index (κ2) is 8.71. The van der Waals surface area contributed by atoms with Crippen molar-refractivity contribution in [3.63, 3.8) is 0 Å². The van der Waals surface area contributed by atoms with Gasteiger partial charge in [-0.2, -0.15) is 5.10 Å². The average molecular weight is 488 g/mol. The topological polar surface area (TPSA) is 106 Å². The van der Waals surface area contributed by atoms with Crippen molar-refractivity contribution in [2.45, 2.75) is 37.7 Å². The smallest absolute Gasteiger partial charge is 0.410 e. The standard InChI is InChI=1S/C23H26FN5O4S/c1-23(2,3)33-22(30)28-11-8-15(9-12-28)20-14-25-21-19(7-10-26-29(20)21)27-18-6-5-16(13-17(18)24)34(4,31)32/h5-8,10,13-14,27H,9,11-12H2,1-4H3. The monoisotopic (exact) mass is 487 g/mol. The molecule has 0 bridgehead atoms. The predicted octanol–water partition coefficient (Wildman–Crippen LogP) is 4.04. The Hall–Kier alpha value is -3.47. The first-order chi connectivity index (χ1) is 15.9. The van der Waals surface area contributed by atoms with Gasteiger partial charge < -0.3 is 15.0 Å². The van der Waals surface area contributed by atoms with E-state index in [9.17, 15) is 17.6 Å². The average Bonchev–Trinajstić information content (AvgIpc) is 3.18. The van der Waals surface area contributed by atoms with Gasteiger partial charge in [-0.3, -0.25) is 0 Å². The molecule has 4 rings (SSSR count). The molecule has 0 spiro atoms. The number of hydrogen-bond acceptors (Lipinski definition) is 7. The maximum Gasteiger partial charge on any atom is 0.410 e. The van der Waals surface area contributed by atoms with Crippen LogP contribution in [0.25, 0.3) is 11.2 Å². The fourth-order valence-corrected chi connectivity index (χ4v) is 4.21. The maximum atomic E-state index is 14.5. The van der Waals surface area contributed by atoms with Crippen LogP contribution in [0.5, 0.6) is 0 Å². The molecule has 0 atom stereocenters. The fraction of sp³-hybridized carbons (Fsp3) is 0.348. The lowest BCUT2D eigenvalue weighted by molar-refractivity contribution is 0.0270. The van der Waals surface area contributed by atoms with Gasteiger partial charge in [0.1, 0.15) is 11.4 Å². The molecule has 1 aliphatic rings. The van der Waals surface area contributed by atoms with Gasteiger partial charge in [-0.1, -0.05) is 6.08 Å². The highest BCUT2D eigenvalue weighted by molar-refractivity contribution is 7.90. The number of fused-ring (bicyclic) bond motifs is 1. The van der Waals surface area contributed by atoms with Crippen molar-refractivity contribution < 1.29 is 22.3 Å². The molecule has 3 aromatic rings. The molecule has 0 unspecified atom stereocenters. The van der Waals surface area contributed by atoms with Gasteiger partial charge in [-0.05, 0) is 57.0 Å². The SMILES string of the molecule is CC(C)(C)OC(=O)N1CC=C(c2cnc3c(Nc4ccc(S(C)(=O)=O)cc4F)ccnn23)CC1. The Morgan fingerprint density at radius 3 is 2.59 bits per heavy atom. The van der Waals surface area contributed by atoms with Gasteiger partial charge in [-0.25, -0.2) is 27.1 Å². The van der Waals surface area contributed by atoms with E-state index >= 15 is 0 Å². The zero-order chi connectivity index (χ0) is 24.7. The minimum absolute atomic E-state index is 0.0943. The van der Waals surface area contributed by atoms with Crippen molar-refractivity contribution >= 4 is 38.5 Å². The number of benzene rings is 1. The molecule has 11 heteroatoms. The van der Waals surface area contributed by atoms with Gasteiger partial charge in [-0.15, -0.1) is 0 Å². The van der Waals surface area contributed by atoms with Crippen LogP contribution >= 0.6 is 0 Å². The van der Waals surface area contributed by atoms with Crippen LogP contribution in [0, 0.1) is 5.82 Å². The van der Waals surface area contributed by atoms with E-state index in [1.54, 1.807) is 27.9 Å². The summed E-state index contributed by atoms with van der Waals surface area (Å²) in [5, 5.41) is 7.36. The molecule has 9 nitrogen and oxygen atoms in total. The third-order valence-electron chi connectivity index (χ3n) is 5.23. The molecule has 0 saturated heterocycles. The summed E-state index contributed by atoms with van der Waals surface area (Å²) in [6.45, 7) is 6.41. The lowest BCUT2D eigenvalue weighted by Gasteiger charge is -2.29. The molecule has 0 saturated carbocycles. The summed E-state index contributed by atoms with van der Waals surface area (Å²) in [6.07, 6.45) is 6.48. The molecule has 1 aliphatic heterocycles. The largest absolute Gasteiger partial charge is 0.444 e. The van der Waals surface area contributed by atoms with E-state index in [1.807, 2.05) is 26.8 Å². The van der Waals surface area contributed by atoms with Gasteiger partial charge in [0.25, 0.3) is 0 Å². The van der Waals surface area contributed by atoms with Crippen LogP contribution in [0.2, 0.25) is 0 Å². The molecule has 1 N–H and O–H groups in total. The summed E-state index contributed by atoms with van der Waals surface area (Å²) in [5.41, 5.74) is 2.32. The highest BCUT2D eigenvalue weighted by atomic mass is 32.2. The van der Waals surface area contributed by atoms with Crippen molar-refractivity contribution in [3.05, 3.63) is 54.2 Å². The normalized spacial score (nSPS) is 14.7. The minimum atomic E-state index is -3.51. The lowest BCUT2D eigenvalue weighted by atomic mass is 10.1. The molecular weight excluding hydrogens is 461 g/mol. The zero-order valence-corrected chi connectivity index (χ0v) is 20.2. The van der Waals surface area contributed by atoms with Gasteiger partial charge in [0.2, 0.25) is 0 Å². The van der Waals surface area contributed by atoms with Crippen LogP contribution in [0.15, 0.2) is 47.6 Å². The van der Waals surface area contributed by atoms with E-state index < -0.39 is 21.3 Å². The number of aromatic nitrogens is 3. The first kappa shape index (κ1) is 23.7. The second-order valence-corrected chi connectivity index (χ2v) is 11.1. The van der Waals surface area contributed by atoms with Gasteiger partial charge in [0.15, 0.2) is 15.5 Å². The van der Waals surface area contributed by atoms with Crippen LogP contribution in [-0.2, 0) is 14.6 Å². The first-order valence-corrected chi connectivity index (χ1v) is 12.6. The molecule has 34 heavy (non-hydrogen) atoms. The van der Waals surface area contributed by atoms with Crippen LogP contribution in [-0.4, -0.2) is 59.0 Å². The van der Waals surface area contributed by atoms with E-state index in [-0.39, 0.29) is 16.7 Å². The quantitative estimate of drug-likeness (QED) is 0.592. The number of nitrogens with one attached hydrogen (secondary N) is 1. The number of imidazole rings is 1. The highest BCUT2D eigenvalue weighted by Gasteiger charge is 2.25. The highest BCUT2D eigenvalue weighted by Crippen LogP contribution is 2.28. The minimum Gasteiger partial charge on any atom is -0.444 e. The summed E-state index contributed by atoms with van der Waals surface area (Å²) < 4.78 is 45.0. The number of sulfone groups is 1. The number of nitrogens with zero attached hydrogens (tertiary/aromatic N) is 4. The number of rotatable bonds is 4. The van der Waals surface area contributed by atoms with Crippen LogP contribution in [0.4, 0.5) is 20.6 Å². The Kier molecular flexibility index (Phi) is 6.07. The first-order valence-electron chi connectivity index (χ1n) is 10.7. The third kappa shape index (κ3) is 5.04. The third-order valence-corrected chi connectivity index (χ3v) is 6.34. The van der Waals surface area contributed by atoms with Crippen molar-refractivity contribution in [1.29, 1.82) is 0 Å². The summed E-state index contributed by atoms with van der Waals surface area (Å²) in [6, 6.07) is 5.37. The van der Waals surface area contributed by atoms with E-state index in [1.165, 1.54) is 12.1 Å². The Morgan fingerprint density at radius 2 is 1.97 bits per heavy atom. The van der Waals surface area contributed by atoms with Crippen LogP contribution in [0.3, 0.4) is 0 Å². The van der Waals surface area contributed by atoms with E-state index in [0.29, 0.717) is 30.8 Å². The number of carbonyl (C=O) groups excluding carboxylic acids is 1. The Bertz CT molecular complexity index is 1390. The predicted molar refractivity (Wildman–Crippen MR) is 126 cm³/mol. The van der Waals surface area contributed by atoms with Crippen molar-refractivity contribution in [2.24, 2.45) is 0 Å². The Labute approximate surface area is 197 Å². The summed E-state index contributed by atoms with van der Waals surface area (Å²) in [4.78, 5) is 18.3. The summed E-state index contributed by atoms with van der Waals surface area (Å²) in [5.74, 6) is -0.693. The fourth-order valence-electron chi connectivity index (χ4n) is 3.58. The van der Waals surface area contributed by atoms with Crippen molar-refractivity contribution in [1.82, 2.24) is 19.5 Å². The molecule has 3 heterocycles. The molecule has 1 aromatic carbocycles. The van der Waals surface area contributed by atoms with Gasteiger partial charge >= 0.3 is 6.09 Å². The number of carbonyl (C=O) groups is 1. The molecular formula is C23H26FN5O4S. The van der Waals surface area contributed by atoms with Crippen molar-refractivity contribution in [2.75, 3.05) is 24.7 Å². The number of anilines is 2. The van der Waals surface area contributed by atoms with Crippen LogP contribution in [0.1, 0.15) is 32.9 Å². The molecule has 2 aromatic heterocycles. The number of ether oxygens (including phenoxy) is 1. The van der Waals surface area contributed by atoms with Gasteiger partial charge in [0, 0.05) is 19.3 Å². The van der Waals surface area contributed by atoms with Crippen LogP contribution < -0.4 is 5.32 Å². The lowest BCUT2D eigenvalue weighted by Crippen LogP contribution is -2.39. The number of hydrogen-bond donors (Lipinski definition) is 1. The molecule has 180 valence electrons. The van der Waals surface area contributed by atoms with E-state index in [4.69, 9.17) is 4.74 Å². The van der Waals surface area contributed by atoms with E-state index in [2.05, 4.69) is 15.4 Å². The maximum absolute atomic E-state index is 14.5. The van der Waals surface area contributed by atoms with Crippen molar-refractivity contribution in [3.8, 4) is 0 Å². The molecule has 0 radical (unpaired) electrons. The zero-order valence-electron chi connectivity index (χ0n) is 19.4. The number of halogens is 1. The van der Waals surface area contributed by atoms with E-state index in [0.717, 1.165) is 23.6 Å². The number of amides is 1. The molecule has 0 aliphatic carbocycles. The summed E-state index contributed by atoms with van der Waals surface area (Å²) in [7, 11) is -3.51. The Balaban J connectivity index is 1.57. The molecule has 0 fully saturated rings. The van der Waals surface area contributed by atoms with Gasteiger partial charge in [0.05, 0.1) is 34.4 Å². The summed E-state index contributed by atoms with van der Waals surface area (Å²) >= 11 is 0. The molecule has 1 amide bonds. The second-order valence-electron chi connectivity index (χ2n) is 9.07.